The van der Waals surface area contributed by atoms with Crippen molar-refractivity contribution in [2.75, 3.05) is 50.4 Å². The Labute approximate surface area is 260 Å². The van der Waals surface area contributed by atoms with Crippen molar-refractivity contribution in [3.05, 3.63) is 52.8 Å². The first-order valence-corrected chi connectivity index (χ1v) is 16.0. The third-order valence-corrected chi connectivity index (χ3v) is 9.66. The van der Waals surface area contributed by atoms with Crippen LogP contribution in [0.5, 0.6) is 0 Å². The van der Waals surface area contributed by atoms with Crippen LogP contribution in [0.25, 0.3) is 0 Å². The molecule has 2 N–H and O–H groups in total. The molecule has 1 aliphatic heterocycles. The Kier molecular flexibility index (Phi) is 9.76. The van der Waals surface area contributed by atoms with Crippen LogP contribution in [0.1, 0.15) is 48.0 Å². The van der Waals surface area contributed by atoms with Gasteiger partial charge in [-0.2, -0.15) is 5.10 Å². The molecule has 3 atom stereocenters. The van der Waals surface area contributed by atoms with Gasteiger partial charge in [-0.1, -0.05) is 41.7 Å². The summed E-state index contributed by atoms with van der Waals surface area (Å²) >= 11 is 3.04. The van der Waals surface area contributed by atoms with E-state index in [0.717, 1.165) is 53.1 Å². The number of pyridine rings is 2. The minimum Gasteiger partial charge on any atom is -0.363 e. The Hall–Kier alpha value is -3.78. The molecule has 0 radical (unpaired) electrons. The van der Waals surface area contributed by atoms with Crippen molar-refractivity contribution in [1.29, 1.82) is 0 Å². The van der Waals surface area contributed by atoms with Gasteiger partial charge in [0.2, 0.25) is 16.9 Å². The third kappa shape index (κ3) is 7.99. The van der Waals surface area contributed by atoms with Crippen LogP contribution in [0.15, 0.2) is 41.5 Å². The summed E-state index contributed by atoms with van der Waals surface area (Å²) in [7, 11) is 9.59. The Morgan fingerprint density at radius 1 is 0.907 bits per heavy atom. The van der Waals surface area contributed by atoms with Crippen molar-refractivity contribution in [3.63, 3.8) is 0 Å². The number of carbonyl (C=O) groups is 2. The first kappa shape index (κ1) is 30.7. The minimum absolute atomic E-state index is 0.0876. The Morgan fingerprint density at radius 2 is 1.53 bits per heavy atom. The van der Waals surface area contributed by atoms with Crippen molar-refractivity contribution in [1.82, 2.24) is 30.5 Å². The standard InChI is InChI=1S/C29H38N10O2S2/c1-37(2)22-13-7-11-20(30-22)16-24(40)32-28-35-34-26(42-28)18-9-6-10-19(15-18)27-36-39(5)29(43-27)33-25(41)17-21-12-8-14-23(31-21)38(3)4/h7-8,11-14,18-19,29H,6,9-10,15-17H2,1-5H3,(H,33,41)(H,32,35,40)/t18-,19-,29?/m0/s1. The van der Waals surface area contributed by atoms with Gasteiger partial charge >= 0.3 is 0 Å². The minimum atomic E-state index is -0.254. The number of anilines is 3. The van der Waals surface area contributed by atoms with Gasteiger partial charge in [0, 0.05) is 47.1 Å². The third-order valence-electron chi connectivity index (χ3n) is 7.36. The Bertz CT molecular complexity index is 1480. The first-order valence-electron chi connectivity index (χ1n) is 14.3. The van der Waals surface area contributed by atoms with E-state index in [1.807, 2.05) is 86.4 Å². The second-order valence-electron chi connectivity index (χ2n) is 11.2. The number of aromatic nitrogens is 4. The maximum absolute atomic E-state index is 12.8. The SMILES string of the molecule is CN(C)c1cccc(CC(=O)Nc2nnc([C@H]3CCC[C@H](C4=NN(C)C(NC(=O)Cc5cccc(N(C)C)n5)S4)C3)s2)n1. The molecule has 1 fully saturated rings. The zero-order chi connectivity index (χ0) is 30.5. The van der Waals surface area contributed by atoms with E-state index in [-0.39, 0.29) is 42.0 Å². The molecular weight excluding hydrogens is 585 g/mol. The van der Waals surface area contributed by atoms with Crippen LogP contribution in [0.3, 0.4) is 0 Å². The van der Waals surface area contributed by atoms with Crippen LogP contribution in [-0.2, 0) is 22.4 Å². The van der Waals surface area contributed by atoms with E-state index in [0.29, 0.717) is 10.8 Å². The van der Waals surface area contributed by atoms with Crippen molar-refractivity contribution in [2.45, 2.75) is 49.9 Å². The highest BCUT2D eigenvalue weighted by atomic mass is 32.2. The summed E-state index contributed by atoms with van der Waals surface area (Å²) in [5.74, 6) is 1.91. The molecule has 0 bridgehead atoms. The second kappa shape index (κ2) is 13.7. The highest BCUT2D eigenvalue weighted by Crippen LogP contribution is 2.42. The number of carbonyl (C=O) groups excluding carboxylic acids is 2. The second-order valence-corrected chi connectivity index (χ2v) is 13.3. The lowest BCUT2D eigenvalue weighted by molar-refractivity contribution is -0.121. The summed E-state index contributed by atoms with van der Waals surface area (Å²) in [6, 6.07) is 11.4. The van der Waals surface area contributed by atoms with E-state index in [2.05, 4.69) is 30.8 Å². The van der Waals surface area contributed by atoms with Crippen LogP contribution >= 0.6 is 23.1 Å². The summed E-state index contributed by atoms with van der Waals surface area (Å²) in [6.45, 7) is 0. The number of rotatable bonds is 10. The van der Waals surface area contributed by atoms with Crippen LogP contribution in [0.2, 0.25) is 0 Å². The molecule has 1 aliphatic carbocycles. The maximum Gasteiger partial charge on any atom is 0.232 e. The lowest BCUT2D eigenvalue weighted by atomic mass is 9.82. The highest BCUT2D eigenvalue weighted by Gasteiger charge is 2.35. The van der Waals surface area contributed by atoms with Crippen molar-refractivity contribution < 1.29 is 9.59 Å². The fraction of sp³-hybridized carbons (Fsp3) is 0.483. The number of hydrazone groups is 1. The van der Waals surface area contributed by atoms with Crippen molar-refractivity contribution >= 4 is 56.7 Å². The summed E-state index contributed by atoms with van der Waals surface area (Å²) in [5, 5.41) is 23.8. The predicted molar refractivity (Wildman–Crippen MR) is 172 cm³/mol. The van der Waals surface area contributed by atoms with E-state index in [1.54, 1.807) is 11.8 Å². The molecule has 5 rings (SSSR count). The number of thioether (sulfide) groups is 1. The van der Waals surface area contributed by atoms with Gasteiger partial charge in [-0.15, -0.1) is 10.2 Å². The van der Waals surface area contributed by atoms with Crippen molar-refractivity contribution in [3.8, 4) is 0 Å². The molecule has 0 saturated heterocycles. The summed E-state index contributed by atoms with van der Waals surface area (Å²) in [5.41, 5.74) is 1.18. The Morgan fingerprint density at radius 3 is 2.19 bits per heavy atom. The smallest absolute Gasteiger partial charge is 0.232 e. The lowest BCUT2D eigenvalue weighted by Gasteiger charge is -2.27. The van der Waals surface area contributed by atoms with Gasteiger partial charge in [0.15, 0.2) is 5.50 Å². The monoisotopic (exact) mass is 622 g/mol. The van der Waals surface area contributed by atoms with E-state index >= 15 is 0 Å². The molecule has 4 heterocycles. The average molecular weight is 623 g/mol. The largest absolute Gasteiger partial charge is 0.363 e. The molecule has 228 valence electrons. The van der Waals surface area contributed by atoms with Crippen LogP contribution in [0.4, 0.5) is 16.8 Å². The molecular formula is C29H38N10O2S2. The average Bonchev–Trinajstić information content (AvgIpc) is 3.59. The molecule has 1 unspecified atom stereocenters. The number of hydrogen-bond donors (Lipinski definition) is 2. The van der Waals surface area contributed by atoms with Gasteiger partial charge in [0.1, 0.15) is 21.7 Å². The highest BCUT2D eigenvalue weighted by molar-refractivity contribution is 8.14. The number of hydrogen-bond acceptors (Lipinski definition) is 12. The zero-order valence-electron chi connectivity index (χ0n) is 25.1. The van der Waals surface area contributed by atoms with E-state index < -0.39 is 0 Å². The number of nitrogens with zero attached hydrogens (tertiary/aromatic N) is 8. The van der Waals surface area contributed by atoms with E-state index in [9.17, 15) is 9.59 Å². The van der Waals surface area contributed by atoms with Crippen LogP contribution in [-0.4, -0.2) is 82.8 Å². The molecule has 3 aromatic heterocycles. The van der Waals surface area contributed by atoms with Gasteiger partial charge in [-0.3, -0.25) is 14.6 Å². The van der Waals surface area contributed by atoms with Crippen LogP contribution in [0, 0.1) is 5.92 Å². The summed E-state index contributed by atoms with van der Waals surface area (Å²) in [6.07, 6.45) is 4.41. The molecule has 2 amide bonds. The molecule has 43 heavy (non-hydrogen) atoms. The van der Waals surface area contributed by atoms with Gasteiger partial charge in [0.25, 0.3) is 0 Å². The van der Waals surface area contributed by atoms with Gasteiger partial charge in [0.05, 0.1) is 24.2 Å². The lowest BCUT2D eigenvalue weighted by Crippen LogP contribution is -2.40. The summed E-state index contributed by atoms with van der Waals surface area (Å²) in [4.78, 5) is 38.4. The van der Waals surface area contributed by atoms with Gasteiger partial charge in [-0.25, -0.2) is 9.97 Å². The van der Waals surface area contributed by atoms with E-state index in [1.165, 1.54) is 11.3 Å². The summed E-state index contributed by atoms with van der Waals surface area (Å²) < 4.78 is 0. The molecule has 0 spiro atoms. The molecule has 0 aromatic carbocycles. The van der Waals surface area contributed by atoms with Gasteiger partial charge < -0.3 is 20.4 Å². The zero-order valence-corrected chi connectivity index (χ0v) is 26.8. The van der Waals surface area contributed by atoms with Gasteiger partial charge in [-0.05, 0) is 43.5 Å². The Balaban J connectivity index is 1.13. The number of nitrogens with one attached hydrogen (secondary N) is 2. The number of amides is 2. The topological polar surface area (TPSA) is 132 Å². The van der Waals surface area contributed by atoms with Crippen LogP contribution < -0.4 is 20.4 Å². The first-order chi connectivity index (χ1) is 20.6. The molecule has 12 nitrogen and oxygen atoms in total. The molecule has 14 heteroatoms. The predicted octanol–water partition coefficient (Wildman–Crippen LogP) is 3.55. The fourth-order valence-corrected chi connectivity index (χ4v) is 7.23. The molecule has 1 saturated carbocycles. The normalized spacial score (nSPS) is 20.0. The van der Waals surface area contributed by atoms with Crippen molar-refractivity contribution in [2.24, 2.45) is 11.0 Å². The van der Waals surface area contributed by atoms with E-state index in [4.69, 9.17) is 5.10 Å². The maximum atomic E-state index is 12.8. The fourth-order valence-electron chi connectivity index (χ4n) is 5.12. The molecule has 3 aromatic rings. The molecule has 2 aliphatic rings. The quantitative estimate of drug-likeness (QED) is 0.346.